The Balaban J connectivity index is 1.58. The number of benzene rings is 2. The smallest absolute Gasteiger partial charge is 0.269 e. The third-order valence-corrected chi connectivity index (χ3v) is 12.2. The van der Waals surface area contributed by atoms with Crippen molar-refractivity contribution in [3.8, 4) is 23.0 Å². The Bertz CT molecular complexity index is 2450. The van der Waals surface area contributed by atoms with E-state index in [4.69, 9.17) is 16.6 Å². The molecule has 2 atom stereocenters. The third kappa shape index (κ3) is 7.63. The van der Waals surface area contributed by atoms with Gasteiger partial charge in [-0.2, -0.15) is 10.2 Å². The molecule has 6 rings (SSSR count). The van der Waals surface area contributed by atoms with Crippen molar-refractivity contribution in [2.75, 3.05) is 11.0 Å². The number of hydrogen-bond acceptors (Lipinski definition) is 7. The third-order valence-electron chi connectivity index (χ3n) is 8.37. The van der Waals surface area contributed by atoms with E-state index in [0.29, 0.717) is 39.9 Å². The van der Waals surface area contributed by atoms with E-state index in [1.54, 1.807) is 49.8 Å². The van der Waals surface area contributed by atoms with Gasteiger partial charge in [0.1, 0.15) is 27.8 Å². The molecule has 1 aliphatic carbocycles. The number of nitrogens with zero attached hydrogens (tertiary/aromatic N) is 4. The number of anilines is 1. The van der Waals surface area contributed by atoms with Gasteiger partial charge in [-0.25, -0.2) is 26.4 Å². The molecule has 2 aromatic carbocycles. The number of carbonyl (C=O) groups is 1. The van der Waals surface area contributed by atoms with Gasteiger partial charge in [-0.3, -0.25) is 19.3 Å². The number of aromatic nitrogens is 5. The standard InChI is InChI=1S/C35H34ClF2N7O4S2/c1-35(2,51(48,49)24-7-8-24)14-12-23-6-9-25(26-10-11-27(36)30-32(26)45(3)43-33(30)44-50(4,5)47)31(40-23)29(41-34(46)28-13-15-39-42-28)18-20-16-21(37)19-22(38)17-20/h6,9-11,13,15-17,19,24,29H,4,7-8,18H2,1-3,5H3,(H,39,42)(H,41,46)(H,43,44,47)/t29-,50?/m0/s1. The number of aromatic amines is 1. The predicted molar refractivity (Wildman–Crippen MR) is 196 cm³/mol. The predicted octanol–water partition coefficient (Wildman–Crippen LogP) is 5.38. The minimum absolute atomic E-state index is 0.110. The van der Waals surface area contributed by atoms with Crippen LogP contribution in [0, 0.1) is 23.5 Å². The Kier molecular flexibility index (Phi) is 9.47. The fourth-order valence-corrected chi connectivity index (χ4v) is 8.37. The minimum Gasteiger partial charge on any atom is -0.342 e. The second-order valence-electron chi connectivity index (χ2n) is 13.0. The molecule has 3 heterocycles. The Labute approximate surface area is 299 Å². The molecule has 3 N–H and O–H groups in total. The number of H-pyrrole nitrogens is 1. The van der Waals surface area contributed by atoms with Crippen molar-refractivity contribution in [3.05, 3.63) is 94.0 Å². The molecule has 1 aliphatic rings. The molecule has 266 valence electrons. The molecule has 1 unspecified atom stereocenters. The quantitative estimate of drug-likeness (QED) is 0.128. The maximum atomic E-state index is 14.4. The number of aryl methyl sites for hydroxylation is 1. The first-order valence-corrected chi connectivity index (χ1v) is 19.8. The fraction of sp³-hybridized carbons (Fsp3) is 0.286. The topological polar surface area (TPSA) is 152 Å². The number of halogens is 3. The first-order valence-electron chi connectivity index (χ1n) is 15.7. The van der Waals surface area contributed by atoms with Gasteiger partial charge in [-0.05, 0) is 86.9 Å². The molecule has 3 aromatic heterocycles. The second-order valence-corrected chi connectivity index (χ2v) is 18.4. The Hall–Kier alpha value is -4.78. The summed E-state index contributed by atoms with van der Waals surface area (Å²) in [5.74, 6) is 7.53. The minimum atomic E-state index is -3.54. The van der Waals surface area contributed by atoms with Crippen LogP contribution in [0.15, 0.2) is 54.7 Å². The zero-order chi connectivity index (χ0) is 36.9. The van der Waals surface area contributed by atoms with Gasteiger partial charge < -0.3 is 5.32 Å². The lowest BCUT2D eigenvalue weighted by Crippen LogP contribution is -2.33. The first kappa shape index (κ1) is 36.0. The van der Waals surface area contributed by atoms with Crippen LogP contribution in [-0.4, -0.2) is 65.6 Å². The zero-order valence-electron chi connectivity index (χ0n) is 28.1. The lowest BCUT2D eigenvalue weighted by atomic mass is 9.93. The summed E-state index contributed by atoms with van der Waals surface area (Å²) in [5, 5.41) is 14.2. The van der Waals surface area contributed by atoms with Crippen molar-refractivity contribution in [2.45, 2.75) is 49.1 Å². The summed E-state index contributed by atoms with van der Waals surface area (Å²) in [7, 11) is -4.62. The highest BCUT2D eigenvalue weighted by molar-refractivity contribution is 8.00. The number of pyridine rings is 1. The van der Waals surface area contributed by atoms with Gasteiger partial charge in [0.25, 0.3) is 5.91 Å². The number of fused-ring (bicyclic) bond motifs is 1. The molecule has 1 amide bonds. The maximum absolute atomic E-state index is 14.4. The Morgan fingerprint density at radius 3 is 2.43 bits per heavy atom. The van der Waals surface area contributed by atoms with Crippen LogP contribution in [0.5, 0.6) is 0 Å². The lowest BCUT2D eigenvalue weighted by Gasteiger charge is -2.22. The summed E-state index contributed by atoms with van der Waals surface area (Å²) >= 11 is 6.67. The summed E-state index contributed by atoms with van der Waals surface area (Å²) in [5.41, 5.74) is 2.33. The Morgan fingerprint density at radius 2 is 1.80 bits per heavy atom. The maximum Gasteiger partial charge on any atom is 0.269 e. The van der Waals surface area contributed by atoms with Crippen molar-refractivity contribution in [1.29, 1.82) is 0 Å². The van der Waals surface area contributed by atoms with Crippen LogP contribution in [-0.2, 0) is 33.0 Å². The number of rotatable bonds is 10. The fourth-order valence-electron chi connectivity index (χ4n) is 5.79. The summed E-state index contributed by atoms with van der Waals surface area (Å²) in [6.45, 7) is 3.10. The van der Waals surface area contributed by atoms with Gasteiger partial charge in [-0.1, -0.05) is 23.6 Å². The van der Waals surface area contributed by atoms with Gasteiger partial charge in [0.05, 0.1) is 32.9 Å². The van der Waals surface area contributed by atoms with Gasteiger partial charge in [0.2, 0.25) is 0 Å². The van der Waals surface area contributed by atoms with Crippen LogP contribution in [0.1, 0.15) is 60.2 Å². The van der Waals surface area contributed by atoms with Crippen LogP contribution in [0.25, 0.3) is 22.0 Å². The van der Waals surface area contributed by atoms with Crippen LogP contribution in [0.3, 0.4) is 0 Å². The highest BCUT2D eigenvalue weighted by Gasteiger charge is 2.45. The Morgan fingerprint density at radius 1 is 1.12 bits per heavy atom. The van der Waals surface area contributed by atoms with Crippen molar-refractivity contribution in [1.82, 2.24) is 30.3 Å². The summed E-state index contributed by atoms with van der Waals surface area (Å²) in [6.07, 6.45) is 3.90. The molecule has 0 bridgehead atoms. The van der Waals surface area contributed by atoms with Crippen molar-refractivity contribution in [3.63, 3.8) is 0 Å². The van der Waals surface area contributed by atoms with Crippen LogP contribution < -0.4 is 10.0 Å². The molecule has 16 heteroatoms. The van der Waals surface area contributed by atoms with E-state index < -0.39 is 53.1 Å². The second kappa shape index (κ2) is 13.4. The van der Waals surface area contributed by atoms with Crippen molar-refractivity contribution < 1.29 is 26.2 Å². The number of amides is 1. The molecule has 0 saturated heterocycles. The number of hydrogen-bond donors (Lipinski definition) is 3. The average Bonchev–Trinajstić information content (AvgIpc) is 3.66. The van der Waals surface area contributed by atoms with Crippen LogP contribution >= 0.6 is 11.6 Å². The average molecular weight is 754 g/mol. The normalized spacial score (nSPS) is 15.1. The van der Waals surface area contributed by atoms with Gasteiger partial charge in [0.15, 0.2) is 15.7 Å². The van der Waals surface area contributed by atoms with E-state index in [0.717, 1.165) is 18.2 Å². The van der Waals surface area contributed by atoms with Crippen LogP contribution in [0.2, 0.25) is 5.02 Å². The van der Waals surface area contributed by atoms with Gasteiger partial charge in [-0.15, -0.1) is 0 Å². The SMILES string of the molecule is C=S(C)(=O)Nc1nn(C)c2c(-c3ccc(C#CC(C)(C)S(=O)(=O)C4CC4)nc3[C@H](Cc3cc(F)cc(F)c3)NC(=O)c3ccn[nH]3)ccc(Cl)c12. The zero-order valence-corrected chi connectivity index (χ0v) is 30.4. The molecule has 0 radical (unpaired) electrons. The van der Waals surface area contributed by atoms with E-state index in [9.17, 15) is 26.2 Å². The van der Waals surface area contributed by atoms with E-state index in [1.165, 1.54) is 18.5 Å². The summed E-state index contributed by atoms with van der Waals surface area (Å²) in [4.78, 5) is 18.4. The molecule has 51 heavy (non-hydrogen) atoms. The molecular formula is C35H34ClF2N7O4S2. The number of carbonyl (C=O) groups excluding carboxylic acids is 1. The van der Waals surface area contributed by atoms with Crippen molar-refractivity contribution >= 4 is 59.6 Å². The molecule has 0 spiro atoms. The van der Waals surface area contributed by atoms with Crippen LogP contribution in [0.4, 0.5) is 14.6 Å². The highest BCUT2D eigenvalue weighted by Crippen LogP contribution is 2.40. The van der Waals surface area contributed by atoms with E-state index in [2.05, 4.69) is 43.0 Å². The summed E-state index contributed by atoms with van der Waals surface area (Å²) in [6, 6.07) is 10.2. The molecule has 1 saturated carbocycles. The largest absolute Gasteiger partial charge is 0.342 e. The molecule has 1 fully saturated rings. The van der Waals surface area contributed by atoms with Gasteiger partial charge in [0, 0.05) is 46.4 Å². The highest BCUT2D eigenvalue weighted by atomic mass is 35.5. The van der Waals surface area contributed by atoms with E-state index >= 15 is 0 Å². The lowest BCUT2D eigenvalue weighted by molar-refractivity contribution is 0.0930. The number of sulfone groups is 1. The van der Waals surface area contributed by atoms with Gasteiger partial charge >= 0.3 is 0 Å². The monoisotopic (exact) mass is 753 g/mol. The molecular weight excluding hydrogens is 720 g/mol. The molecule has 5 aromatic rings. The molecule has 11 nitrogen and oxygen atoms in total. The van der Waals surface area contributed by atoms with E-state index in [-0.39, 0.29) is 34.9 Å². The first-order chi connectivity index (χ1) is 23.9. The number of nitrogens with one attached hydrogen (secondary N) is 3. The van der Waals surface area contributed by atoms with E-state index in [1.807, 2.05) is 0 Å². The van der Waals surface area contributed by atoms with Crippen molar-refractivity contribution in [2.24, 2.45) is 7.05 Å². The molecule has 0 aliphatic heterocycles. The summed E-state index contributed by atoms with van der Waals surface area (Å²) < 4.78 is 70.8.